The number of anilines is 2. The quantitative estimate of drug-likeness (QED) is 0.229. The van der Waals surface area contributed by atoms with Crippen molar-refractivity contribution in [2.45, 2.75) is 19.9 Å². The van der Waals surface area contributed by atoms with Gasteiger partial charge in [-0.05, 0) is 36.0 Å². The molecule has 0 aliphatic carbocycles. The molecule has 12 nitrogen and oxygen atoms in total. The Balaban J connectivity index is 1.59. The molecule has 2 heterocycles. The summed E-state index contributed by atoms with van der Waals surface area (Å²) in [6.45, 7) is 3.53. The van der Waals surface area contributed by atoms with E-state index in [2.05, 4.69) is 39.9 Å². The van der Waals surface area contributed by atoms with Gasteiger partial charge in [-0.2, -0.15) is 13.4 Å². The van der Waals surface area contributed by atoms with Gasteiger partial charge in [0.15, 0.2) is 0 Å². The molecule has 2 aromatic carbocycles. The van der Waals surface area contributed by atoms with Crippen molar-refractivity contribution in [2.75, 3.05) is 29.7 Å². The lowest BCUT2D eigenvalue weighted by Gasteiger charge is -2.15. The van der Waals surface area contributed by atoms with Crippen LogP contribution in [0.25, 0.3) is 10.9 Å². The van der Waals surface area contributed by atoms with Crippen LogP contribution < -0.4 is 24.8 Å². The molecule has 37 heavy (non-hydrogen) atoms. The SMILES string of the molecule is CCNCCNc1cc(OC(F)(F)F)ccc1COc1nn(S(=O)(=O)Nc2ncon2)c2ccccc12. The van der Waals surface area contributed by atoms with E-state index in [1.54, 1.807) is 18.2 Å². The minimum atomic E-state index is -4.84. The number of aromatic nitrogens is 4. The molecular weight excluding hydrogens is 519 g/mol. The van der Waals surface area contributed by atoms with Gasteiger partial charge in [-0.15, -0.1) is 22.4 Å². The predicted molar refractivity (Wildman–Crippen MR) is 126 cm³/mol. The standard InChI is InChI=1S/C21H22F3N7O5S/c1-2-25-9-10-26-17-11-15(36-21(22,23)24)8-7-14(17)12-34-19-16-5-3-4-6-18(16)31(28-19)37(32,33)30-20-27-13-35-29-20/h3-8,11,13,25-26H,2,9-10,12H2,1H3,(H,29,30). The Bertz CT molecular complexity index is 1440. The molecule has 16 heteroatoms. The van der Waals surface area contributed by atoms with Crippen LogP contribution in [0.15, 0.2) is 53.4 Å². The zero-order valence-corrected chi connectivity index (χ0v) is 20.1. The molecule has 0 atom stereocenters. The molecule has 198 valence electrons. The predicted octanol–water partition coefficient (Wildman–Crippen LogP) is 3.12. The number of para-hydroxylation sites is 1. The van der Waals surface area contributed by atoms with Crippen LogP contribution in [-0.4, -0.2) is 53.7 Å². The summed E-state index contributed by atoms with van der Waals surface area (Å²) in [7, 11) is -4.27. The van der Waals surface area contributed by atoms with Gasteiger partial charge in [0.05, 0.1) is 10.9 Å². The maximum atomic E-state index is 12.9. The Morgan fingerprint density at radius 3 is 2.68 bits per heavy atom. The average Bonchev–Trinajstić information content (AvgIpc) is 3.48. The third-order valence-electron chi connectivity index (χ3n) is 4.88. The van der Waals surface area contributed by atoms with Crippen molar-refractivity contribution in [3.05, 3.63) is 54.4 Å². The molecule has 0 aliphatic heterocycles. The normalized spacial score (nSPS) is 12.0. The Morgan fingerprint density at radius 1 is 1.14 bits per heavy atom. The summed E-state index contributed by atoms with van der Waals surface area (Å²) in [6.07, 6.45) is -3.88. The third kappa shape index (κ3) is 6.59. The van der Waals surface area contributed by atoms with Crippen LogP contribution in [0.3, 0.4) is 0 Å². The van der Waals surface area contributed by atoms with Crippen LogP contribution in [0.5, 0.6) is 11.6 Å². The van der Waals surface area contributed by atoms with Gasteiger partial charge in [0.25, 0.3) is 5.95 Å². The number of halogens is 3. The number of alkyl halides is 3. The van der Waals surface area contributed by atoms with Crippen molar-refractivity contribution in [3.8, 4) is 11.6 Å². The first-order valence-corrected chi connectivity index (χ1v) is 12.3. The Morgan fingerprint density at radius 2 is 1.95 bits per heavy atom. The number of nitrogens with one attached hydrogen (secondary N) is 3. The van der Waals surface area contributed by atoms with Gasteiger partial charge in [0.2, 0.25) is 12.3 Å². The highest BCUT2D eigenvalue weighted by atomic mass is 32.2. The number of ether oxygens (including phenoxy) is 2. The van der Waals surface area contributed by atoms with Gasteiger partial charge in [-0.3, -0.25) is 0 Å². The molecule has 0 aliphatic rings. The summed E-state index contributed by atoms with van der Waals surface area (Å²) >= 11 is 0. The fourth-order valence-electron chi connectivity index (χ4n) is 3.33. The summed E-state index contributed by atoms with van der Waals surface area (Å²) in [5, 5.41) is 14.1. The molecule has 0 amide bonds. The molecule has 4 rings (SSSR count). The van der Waals surface area contributed by atoms with Crippen LogP contribution in [0.4, 0.5) is 24.8 Å². The minimum absolute atomic E-state index is 0.0108. The minimum Gasteiger partial charge on any atom is -0.471 e. The third-order valence-corrected chi connectivity index (χ3v) is 6.05. The van der Waals surface area contributed by atoms with Gasteiger partial charge in [0, 0.05) is 30.4 Å². The first-order chi connectivity index (χ1) is 17.7. The zero-order chi connectivity index (χ0) is 26.5. The van der Waals surface area contributed by atoms with Gasteiger partial charge in [-0.25, -0.2) is 4.72 Å². The summed E-state index contributed by atoms with van der Waals surface area (Å²) in [6, 6.07) is 10.3. The summed E-state index contributed by atoms with van der Waals surface area (Å²) in [5.41, 5.74) is 1.07. The van der Waals surface area contributed by atoms with Crippen molar-refractivity contribution >= 4 is 32.7 Å². The maximum Gasteiger partial charge on any atom is 0.573 e. The molecule has 0 saturated heterocycles. The van der Waals surface area contributed by atoms with Gasteiger partial charge >= 0.3 is 16.6 Å². The van der Waals surface area contributed by atoms with Gasteiger partial charge in [-0.1, -0.05) is 19.1 Å². The summed E-state index contributed by atoms with van der Waals surface area (Å²) in [5.74, 6) is -0.685. The van der Waals surface area contributed by atoms with Crippen molar-refractivity contribution in [2.24, 2.45) is 0 Å². The molecular formula is C21H22F3N7O5S. The second-order valence-corrected chi connectivity index (χ2v) is 8.96. The molecule has 0 saturated carbocycles. The topological polar surface area (TPSA) is 145 Å². The van der Waals surface area contributed by atoms with E-state index in [4.69, 9.17) is 4.74 Å². The lowest BCUT2D eigenvalue weighted by Crippen LogP contribution is -2.23. The van der Waals surface area contributed by atoms with E-state index in [1.807, 2.05) is 6.92 Å². The Kier molecular flexibility index (Phi) is 7.68. The lowest BCUT2D eigenvalue weighted by molar-refractivity contribution is -0.274. The number of likely N-dealkylation sites (N-methyl/N-ethyl adjacent to an activating group) is 1. The van der Waals surface area contributed by atoms with Crippen molar-refractivity contribution in [3.63, 3.8) is 0 Å². The molecule has 0 unspecified atom stereocenters. The number of rotatable bonds is 12. The second kappa shape index (κ2) is 10.9. The Labute approximate surface area is 208 Å². The number of hydrogen-bond donors (Lipinski definition) is 3. The highest BCUT2D eigenvalue weighted by molar-refractivity contribution is 7.91. The van der Waals surface area contributed by atoms with E-state index in [9.17, 15) is 21.6 Å². The number of nitrogens with zero attached hydrogens (tertiary/aromatic N) is 4. The van der Waals surface area contributed by atoms with E-state index in [0.717, 1.165) is 23.1 Å². The number of benzene rings is 2. The van der Waals surface area contributed by atoms with Crippen LogP contribution in [0.2, 0.25) is 0 Å². The summed E-state index contributed by atoms with van der Waals surface area (Å²) < 4.78 is 81.1. The zero-order valence-electron chi connectivity index (χ0n) is 19.3. The second-order valence-electron chi connectivity index (χ2n) is 7.46. The molecule has 3 N–H and O–H groups in total. The molecule has 0 radical (unpaired) electrons. The van der Waals surface area contributed by atoms with E-state index < -0.39 is 22.3 Å². The van der Waals surface area contributed by atoms with Gasteiger partial charge in [0.1, 0.15) is 12.4 Å². The van der Waals surface area contributed by atoms with Crippen LogP contribution in [0.1, 0.15) is 12.5 Å². The largest absolute Gasteiger partial charge is 0.573 e. The molecule has 0 bridgehead atoms. The Hall–Kier alpha value is -4.05. The van der Waals surface area contributed by atoms with Crippen molar-refractivity contribution in [1.29, 1.82) is 0 Å². The van der Waals surface area contributed by atoms with E-state index in [-0.39, 0.29) is 24.0 Å². The monoisotopic (exact) mass is 541 g/mol. The number of hydrogen-bond acceptors (Lipinski definition) is 10. The first kappa shape index (κ1) is 26.0. The van der Waals surface area contributed by atoms with Crippen LogP contribution in [0, 0.1) is 0 Å². The van der Waals surface area contributed by atoms with Crippen LogP contribution >= 0.6 is 0 Å². The molecule has 0 spiro atoms. The van der Waals surface area contributed by atoms with Crippen molar-refractivity contribution in [1.82, 2.24) is 24.6 Å². The van der Waals surface area contributed by atoms with Crippen LogP contribution in [-0.2, 0) is 16.8 Å². The average molecular weight is 542 g/mol. The highest BCUT2D eigenvalue weighted by Crippen LogP contribution is 2.30. The fraction of sp³-hybridized carbons (Fsp3) is 0.286. The summed E-state index contributed by atoms with van der Waals surface area (Å²) in [4.78, 5) is 3.63. The van der Waals surface area contributed by atoms with E-state index in [1.165, 1.54) is 18.2 Å². The van der Waals surface area contributed by atoms with Crippen molar-refractivity contribution < 1.29 is 35.6 Å². The van der Waals surface area contributed by atoms with Gasteiger partial charge < -0.3 is 24.6 Å². The molecule has 0 fully saturated rings. The molecule has 4 aromatic rings. The fourth-order valence-corrected chi connectivity index (χ4v) is 4.33. The lowest BCUT2D eigenvalue weighted by atomic mass is 10.1. The smallest absolute Gasteiger partial charge is 0.471 e. The highest BCUT2D eigenvalue weighted by Gasteiger charge is 2.31. The molecule has 2 aromatic heterocycles. The first-order valence-electron chi connectivity index (χ1n) is 10.9. The maximum absolute atomic E-state index is 12.9. The van der Waals surface area contributed by atoms with E-state index in [0.29, 0.717) is 29.7 Å². The van der Waals surface area contributed by atoms with E-state index >= 15 is 0 Å². The number of fused-ring (bicyclic) bond motifs is 1.